The summed E-state index contributed by atoms with van der Waals surface area (Å²) in [5.41, 5.74) is 0.700. The van der Waals surface area contributed by atoms with Crippen LogP contribution >= 0.6 is 0 Å². The van der Waals surface area contributed by atoms with Crippen LogP contribution in [0.15, 0.2) is 12.1 Å². The average Bonchev–Trinajstić information content (AvgIpc) is 2.44. The number of nitrogens with zero attached hydrogens (tertiary/aromatic N) is 1. The van der Waals surface area contributed by atoms with E-state index in [1.54, 1.807) is 12.1 Å². The summed E-state index contributed by atoms with van der Waals surface area (Å²) < 4.78 is 10.3. The minimum atomic E-state index is -0.744. The SMILES string of the molecule is COc1ccc(CN2CC[C@@H](O)[C@@H](O)C2)c(O)c1OC. The first-order chi connectivity index (χ1) is 9.56. The summed E-state index contributed by atoms with van der Waals surface area (Å²) in [4.78, 5) is 1.98. The van der Waals surface area contributed by atoms with Crippen molar-refractivity contribution < 1.29 is 24.8 Å². The molecular weight excluding hydrogens is 262 g/mol. The van der Waals surface area contributed by atoms with Gasteiger partial charge in [-0.05, 0) is 12.5 Å². The molecule has 2 atom stereocenters. The average molecular weight is 283 g/mol. The third kappa shape index (κ3) is 2.98. The molecule has 1 aromatic carbocycles. The Morgan fingerprint density at radius 3 is 2.55 bits per heavy atom. The second kappa shape index (κ2) is 6.30. The number of rotatable bonds is 4. The molecule has 0 spiro atoms. The number of aromatic hydroxyl groups is 1. The maximum absolute atomic E-state index is 10.2. The Labute approximate surface area is 118 Å². The number of piperidine rings is 1. The summed E-state index contributed by atoms with van der Waals surface area (Å²) in [7, 11) is 2.99. The first-order valence-electron chi connectivity index (χ1n) is 6.58. The number of benzene rings is 1. The molecule has 0 amide bonds. The fourth-order valence-electron chi connectivity index (χ4n) is 2.45. The largest absolute Gasteiger partial charge is 0.504 e. The van der Waals surface area contributed by atoms with Crippen molar-refractivity contribution >= 4 is 0 Å². The van der Waals surface area contributed by atoms with Gasteiger partial charge in [0.15, 0.2) is 11.5 Å². The van der Waals surface area contributed by atoms with E-state index in [-0.39, 0.29) is 5.75 Å². The predicted molar refractivity (Wildman–Crippen MR) is 73.1 cm³/mol. The Morgan fingerprint density at radius 2 is 1.95 bits per heavy atom. The van der Waals surface area contributed by atoms with Gasteiger partial charge in [-0.15, -0.1) is 0 Å². The first kappa shape index (κ1) is 14.9. The quantitative estimate of drug-likeness (QED) is 0.739. The Balaban J connectivity index is 2.14. The van der Waals surface area contributed by atoms with Gasteiger partial charge in [-0.1, -0.05) is 6.07 Å². The molecule has 3 N–H and O–H groups in total. The van der Waals surface area contributed by atoms with E-state index >= 15 is 0 Å². The van der Waals surface area contributed by atoms with Crippen LogP contribution in [-0.4, -0.2) is 59.7 Å². The molecule has 0 aliphatic carbocycles. The molecule has 1 fully saturated rings. The Bertz CT molecular complexity index is 465. The van der Waals surface area contributed by atoms with Crippen LogP contribution in [0.2, 0.25) is 0 Å². The van der Waals surface area contributed by atoms with E-state index in [2.05, 4.69) is 0 Å². The maximum atomic E-state index is 10.2. The molecule has 1 aliphatic heterocycles. The van der Waals surface area contributed by atoms with Crippen molar-refractivity contribution in [1.29, 1.82) is 0 Å². The van der Waals surface area contributed by atoms with E-state index in [9.17, 15) is 15.3 Å². The van der Waals surface area contributed by atoms with Gasteiger partial charge in [0.05, 0.1) is 26.4 Å². The molecule has 6 heteroatoms. The minimum absolute atomic E-state index is 0.0486. The number of likely N-dealkylation sites (tertiary alicyclic amines) is 1. The zero-order valence-corrected chi connectivity index (χ0v) is 11.7. The molecule has 112 valence electrons. The highest BCUT2D eigenvalue weighted by atomic mass is 16.5. The van der Waals surface area contributed by atoms with Crippen LogP contribution in [0.3, 0.4) is 0 Å². The highest BCUT2D eigenvalue weighted by molar-refractivity contribution is 5.54. The van der Waals surface area contributed by atoms with Crippen molar-refractivity contribution in [2.45, 2.75) is 25.2 Å². The van der Waals surface area contributed by atoms with E-state index in [1.165, 1.54) is 14.2 Å². The first-order valence-corrected chi connectivity index (χ1v) is 6.58. The fourth-order valence-corrected chi connectivity index (χ4v) is 2.45. The summed E-state index contributed by atoms with van der Waals surface area (Å²) >= 11 is 0. The lowest BCUT2D eigenvalue weighted by molar-refractivity contribution is -0.0405. The fraction of sp³-hybridized carbons (Fsp3) is 0.571. The Kier molecular flexibility index (Phi) is 4.69. The highest BCUT2D eigenvalue weighted by Gasteiger charge is 2.26. The molecule has 1 heterocycles. The number of hydrogen-bond donors (Lipinski definition) is 3. The van der Waals surface area contributed by atoms with Gasteiger partial charge in [-0.2, -0.15) is 0 Å². The minimum Gasteiger partial charge on any atom is -0.504 e. The van der Waals surface area contributed by atoms with Crippen LogP contribution in [0.1, 0.15) is 12.0 Å². The molecule has 6 nitrogen and oxygen atoms in total. The number of ether oxygens (including phenoxy) is 2. The van der Waals surface area contributed by atoms with Crippen molar-refractivity contribution in [3.8, 4) is 17.2 Å². The van der Waals surface area contributed by atoms with Crippen LogP contribution < -0.4 is 9.47 Å². The van der Waals surface area contributed by atoms with E-state index in [0.29, 0.717) is 43.1 Å². The monoisotopic (exact) mass is 283 g/mol. The third-order valence-electron chi connectivity index (χ3n) is 3.63. The summed E-state index contributed by atoms with van der Waals surface area (Å²) in [5.74, 6) is 0.831. The van der Waals surface area contributed by atoms with E-state index in [4.69, 9.17) is 9.47 Å². The van der Waals surface area contributed by atoms with E-state index in [1.807, 2.05) is 4.90 Å². The van der Waals surface area contributed by atoms with Gasteiger partial charge in [0.2, 0.25) is 5.75 Å². The molecule has 1 aliphatic rings. The molecule has 1 saturated heterocycles. The van der Waals surface area contributed by atoms with Crippen molar-refractivity contribution in [3.63, 3.8) is 0 Å². The summed E-state index contributed by atoms with van der Waals surface area (Å²) in [6, 6.07) is 3.51. The number of β-amino-alcohol motifs (C(OH)–C–C–N with tert-alkyl or cyclic N) is 1. The van der Waals surface area contributed by atoms with Gasteiger partial charge in [0, 0.05) is 25.2 Å². The lowest BCUT2D eigenvalue weighted by Gasteiger charge is -2.33. The van der Waals surface area contributed by atoms with Crippen molar-refractivity contribution in [2.75, 3.05) is 27.3 Å². The van der Waals surface area contributed by atoms with Gasteiger partial charge < -0.3 is 24.8 Å². The van der Waals surface area contributed by atoms with Crippen molar-refractivity contribution in [2.24, 2.45) is 0 Å². The molecule has 0 saturated carbocycles. The van der Waals surface area contributed by atoms with Crippen molar-refractivity contribution in [1.82, 2.24) is 4.90 Å². The van der Waals surface area contributed by atoms with Gasteiger partial charge in [-0.3, -0.25) is 4.90 Å². The van der Waals surface area contributed by atoms with Crippen molar-refractivity contribution in [3.05, 3.63) is 17.7 Å². The lowest BCUT2D eigenvalue weighted by atomic mass is 10.0. The van der Waals surface area contributed by atoms with Crippen LogP contribution in [0.4, 0.5) is 0 Å². The number of methoxy groups -OCH3 is 2. The molecular formula is C14H21NO5. The zero-order chi connectivity index (χ0) is 14.7. The van der Waals surface area contributed by atoms with Gasteiger partial charge >= 0.3 is 0 Å². The summed E-state index contributed by atoms with van der Waals surface area (Å²) in [5, 5.41) is 29.4. The lowest BCUT2D eigenvalue weighted by Crippen LogP contribution is -2.46. The summed E-state index contributed by atoms with van der Waals surface area (Å²) in [6.07, 6.45) is -0.883. The third-order valence-corrected chi connectivity index (χ3v) is 3.63. The smallest absolute Gasteiger partial charge is 0.203 e. The Morgan fingerprint density at radius 1 is 1.20 bits per heavy atom. The second-order valence-corrected chi connectivity index (χ2v) is 4.97. The molecule has 0 radical (unpaired) electrons. The molecule has 0 unspecified atom stereocenters. The van der Waals surface area contributed by atoms with Crippen LogP contribution in [0.5, 0.6) is 17.2 Å². The topological polar surface area (TPSA) is 82.4 Å². The van der Waals surface area contributed by atoms with Gasteiger partial charge in [0.25, 0.3) is 0 Å². The standard InChI is InChI=1S/C14H21NO5/c1-19-12-4-3-9(13(18)14(12)20-2)7-15-6-5-10(16)11(17)8-15/h3-4,10-11,16-18H,5-8H2,1-2H3/t10-,11+/m1/s1. The van der Waals surface area contributed by atoms with Gasteiger partial charge in [0.1, 0.15) is 0 Å². The second-order valence-electron chi connectivity index (χ2n) is 4.97. The predicted octanol–water partition coefficient (Wildman–Crippen LogP) is 0.337. The molecule has 20 heavy (non-hydrogen) atoms. The molecule has 0 bridgehead atoms. The maximum Gasteiger partial charge on any atom is 0.203 e. The number of aliphatic hydroxyl groups excluding tert-OH is 2. The highest BCUT2D eigenvalue weighted by Crippen LogP contribution is 2.39. The number of phenols is 1. The molecule has 2 rings (SSSR count). The number of hydrogen-bond acceptors (Lipinski definition) is 6. The summed E-state index contributed by atoms with van der Waals surface area (Å²) in [6.45, 7) is 1.54. The normalized spacial score (nSPS) is 23.6. The van der Waals surface area contributed by atoms with Gasteiger partial charge in [-0.25, -0.2) is 0 Å². The van der Waals surface area contributed by atoms with Crippen LogP contribution in [0.25, 0.3) is 0 Å². The Hall–Kier alpha value is -1.50. The zero-order valence-electron chi connectivity index (χ0n) is 11.7. The van der Waals surface area contributed by atoms with Crippen LogP contribution in [0, 0.1) is 0 Å². The van der Waals surface area contributed by atoms with E-state index < -0.39 is 12.2 Å². The van der Waals surface area contributed by atoms with E-state index in [0.717, 1.165) is 0 Å². The number of aliphatic hydroxyl groups is 2. The molecule has 1 aromatic rings. The number of phenolic OH excluding ortho intramolecular Hbond substituents is 1. The van der Waals surface area contributed by atoms with Crippen LogP contribution in [-0.2, 0) is 6.54 Å². The molecule has 0 aromatic heterocycles.